The molecule has 1 unspecified atom stereocenters. The lowest BCUT2D eigenvalue weighted by Gasteiger charge is -2.12. The average Bonchev–Trinajstić information content (AvgIpc) is 2.32. The Hall–Kier alpha value is -0.870. The molecule has 3 N–H and O–H groups in total. The molecule has 0 aliphatic heterocycles. The monoisotopic (exact) mass is 269 g/mol. The molecule has 0 bridgehead atoms. The molecule has 0 aliphatic rings. The third-order valence-corrected chi connectivity index (χ3v) is 3.60. The van der Waals surface area contributed by atoms with Crippen molar-refractivity contribution in [2.24, 2.45) is 5.92 Å². The molecule has 0 aromatic heterocycles. The number of benzene rings is 1. The van der Waals surface area contributed by atoms with Gasteiger partial charge in [-0.05, 0) is 30.2 Å². The Kier molecular flexibility index (Phi) is 6.98. The number of aliphatic hydroxyl groups is 1. The van der Waals surface area contributed by atoms with Crippen LogP contribution >= 0.6 is 11.8 Å². The highest BCUT2D eigenvalue weighted by atomic mass is 32.2. The summed E-state index contributed by atoms with van der Waals surface area (Å²) >= 11 is 1.77. The van der Waals surface area contributed by atoms with Crippen LogP contribution in [0.3, 0.4) is 0 Å². The number of hydrogen-bond donors (Lipinski definition) is 2. The quantitative estimate of drug-likeness (QED) is 0.563. The summed E-state index contributed by atoms with van der Waals surface area (Å²) in [7, 11) is 0. The first-order valence-electron chi connectivity index (χ1n) is 6.32. The van der Waals surface area contributed by atoms with Crippen LogP contribution in [0.1, 0.15) is 20.3 Å². The van der Waals surface area contributed by atoms with E-state index in [0.717, 1.165) is 17.4 Å². The van der Waals surface area contributed by atoms with Crippen LogP contribution in [0, 0.1) is 5.92 Å². The van der Waals surface area contributed by atoms with E-state index in [1.807, 2.05) is 18.2 Å². The number of nitrogen functional groups attached to an aromatic ring is 1. The minimum absolute atomic E-state index is 0.318. The third-order valence-electron chi connectivity index (χ3n) is 2.45. The molecule has 0 aliphatic carbocycles. The van der Waals surface area contributed by atoms with Crippen LogP contribution in [-0.2, 0) is 0 Å². The molecule has 0 saturated carbocycles. The SMILES string of the molecule is CC(C)CCSCC(O)COc1cccc(N)c1. The summed E-state index contributed by atoms with van der Waals surface area (Å²) < 4.78 is 5.48. The van der Waals surface area contributed by atoms with E-state index in [4.69, 9.17) is 10.5 Å². The maximum absolute atomic E-state index is 9.77. The predicted octanol–water partition coefficient (Wildman–Crippen LogP) is 2.79. The topological polar surface area (TPSA) is 55.5 Å². The van der Waals surface area contributed by atoms with Crippen LogP contribution in [0.25, 0.3) is 0 Å². The second kappa shape index (κ2) is 8.27. The number of hydrogen-bond acceptors (Lipinski definition) is 4. The number of ether oxygens (including phenoxy) is 1. The van der Waals surface area contributed by atoms with Crippen molar-refractivity contribution in [3.05, 3.63) is 24.3 Å². The van der Waals surface area contributed by atoms with Crippen molar-refractivity contribution < 1.29 is 9.84 Å². The molecular formula is C14H23NO2S. The van der Waals surface area contributed by atoms with Gasteiger partial charge in [0, 0.05) is 17.5 Å². The van der Waals surface area contributed by atoms with Crippen LogP contribution in [0.15, 0.2) is 24.3 Å². The maximum atomic E-state index is 9.77. The van der Waals surface area contributed by atoms with Gasteiger partial charge in [-0.25, -0.2) is 0 Å². The Labute approximate surface area is 114 Å². The molecule has 1 atom stereocenters. The Balaban J connectivity index is 2.15. The molecular weight excluding hydrogens is 246 g/mol. The number of nitrogens with two attached hydrogens (primary N) is 1. The minimum Gasteiger partial charge on any atom is -0.491 e. The van der Waals surface area contributed by atoms with Gasteiger partial charge in [-0.1, -0.05) is 19.9 Å². The lowest BCUT2D eigenvalue weighted by molar-refractivity contribution is 0.126. The summed E-state index contributed by atoms with van der Waals surface area (Å²) in [5.74, 6) is 3.24. The molecule has 0 amide bonds. The zero-order chi connectivity index (χ0) is 13.4. The van der Waals surface area contributed by atoms with E-state index >= 15 is 0 Å². The number of rotatable bonds is 8. The van der Waals surface area contributed by atoms with E-state index in [9.17, 15) is 5.11 Å². The van der Waals surface area contributed by atoms with Gasteiger partial charge < -0.3 is 15.6 Å². The standard InChI is InChI=1S/C14H23NO2S/c1-11(2)6-7-18-10-13(16)9-17-14-5-3-4-12(15)8-14/h3-5,8,11,13,16H,6-7,9-10,15H2,1-2H3. The van der Waals surface area contributed by atoms with Crippen LogP contribution < -0.4 is 10.5 Å². The second-order valence-electron chi connectivity index (χ2n) is 4.79. The van der Waals surface area contributed by atoms with Gasteiger partial charge in [-0.2, -0.15) is 11.8 Å². The predicted molar refractivity (Wildman–Crippen MR) is 79.1 cm³/mol. The molecule has 0 fully saturated rings. The molecule has 0 heterocycles. The first-order chi connectivity index (χ1) is 8.58. The summed E-state index contributed by atoms with van der Waals surface area (Å²) in [6, 6.07) is 7.26. The molecule has 0 spiro atoms. The van der Waals surface area contributed by atoms with E-state index in [0.29, 0.717) is 18.0 Å². The molecule has 0 radical (unpaired) electrons. The molecule has 18 heavy (non-hydrogen) atoms. The van der Waals surface area contributed by atoms with E-state index in [-0.39, 0.29) is 0 Å². The third kappa shape index (κ3) is 6.77. The van der Waals surface area contributed by atoms with E-state index in [2.05, 4.69) is 13.8 Å². The van der Waals surface area contributed by atoms with Gasteiger partial charge in [0.15, 0.2) is 0 Å². The Morgan fingerprint density at radius 3 is 2.83 bits per heavy atom. The highest BCUT2D eigenvalue weighted by molar-refractivity contribution is 7.99. The molecule has 1 aromatic rings. The minimum atomic E-state index is -0.427. The Morgan fingerprint density at radius 2 is 2.17 bits per heavy atom. The summed E-state index contributed by atoms with van der Waals surface area (Å²) in [5, 5.41) is 9.77. The lowest BCUT2D eigenvalue weighted by atomic mass is 10.2. The van der Waals surface area contributed by atoms with Crippen LogP contribution in [0.5, 0.6) is 5.75 Å². The molecule has 1 aromatic carbocycles. The second-order valence-corrected chi connectivity index (χ2v) is 5.94. The average molecular weight is 269 g/mol. The maximum Gasteiger partial charge on any atom is 0.121 e. The van der Waals surface area contributed by atoms with Crippen molar-refractivity contribution >= 4 is 17.4 Å². The van der Waals surface area contributed by atoms with Gasteiger partial charge in [0.1, 0.15) is 12.4 Å². The summed E-state index contributed by atoms with van der Waals surface area (Å²) in [5.41, 5.74) is 6.32. The van der Waals surface area contributed by atoms with Crippen molar-refractivity contribution in [3.63, 3.8) is 0 Å². The van der Waals surface area contributed by atoms with Gasteiger partial charge in [0.25, 0.3) is 0 Å². The Morgan fingerprint density at radius 1 is 1.39 bits per heavy atom. The van der Waals surface area contributed by atoms with Crippen molar-refractivity contribution in [2.45, 2.75) is 26.4 Å². The van der Waals surface area contributed by atoms with E-state index in [1.165, 1.54) is 6.42 Å². The van der Waals surface area contributed by atoms with Gasteiger partial charge >= 0.3 is 0 Å². The number of aliphatic hydroxyl groups excluding tert-OH is 1. The fourth-order valence-corrected chi connectivity index (χ4v) is 2.56. The summed E-state index contributed by atoms with van der Waals surface area (Å²) in [6.07, 6.45) is 0.761. The normalized spacial score (nSPS) is 12.7. The Bertz CT molecular complexity index is 344. The van der Waals surface area contributed by atoms with Crippen molar-refractivity contribution in [1.82, 2.24) is 0 Å². The van der Waals surface area contributed by atoms with Gasteiger partial charge in [-0.15, -0.1) is 0 Å². The zero-order valence-corrected chi connectivity index (χ0v) is 12.0. The van der Waals surface area contributed by atoms with Crippen molar-refractivity contribution in [1.29, 1.82) is 0 Å². The van der Waals surface area contributed by atoms with Crippen LogP contribution in [0.2, 0.25) is 0 Å². The molecule has 102 valence electrons. The zero-order valence-electron chi connectivity index (χ0n) is 11.1. The fourth-order valence-electron chi connectivity index (χ4n) is 1.38. The lowest BCUT2D eigenvalue weighted by Crippen LogP contribution is -2.20. The van der Waals surface area contributed by atoms with Crippen LogP contribution in [-0.4, -0.2) is 29.3 Å². The molecule has 4 heteroatoms. The van der Waals surface area contributed by atoms with E-state index < -0.39 is 6.10 Å². The molecule has 1 rings (SSSR count). The first kappa shape index (κ1) is 15.2. The van der Waals surface area contributed by atoms with Crippen molar-refractivity contribution in [2.75, 3.05) is 23.8 Å². The van der Waals surface area contributed by atoms with Crippen LogP contribution in [0.4, 0.5) is 5.69 Å². The fraction of sp³-hybridized carbons (Fsp3) is 0.571. The first-order valence-corrected chi connectivity index (χ1v) is 7.47. The van der Waals surface area contributed by atoms with Crippen molar-refractivity contribution in [3.8, 4) is 5.75 Å². The van der Waals surface area contributed by atoms with E-state index in [1.54, 1.807) is 17.8 Å². The highest BCUT2D eigenvalue weighted by Crippen LogP contribution is 2.15. The largest absolute Gasteiger partial charge is 0.491 e. The molecule has 3 nitrogen and oxygen atoms in total. The highest BCUT2D eigenvalue weighted by Gasteiger charge is 2.06. The summed E-state index contributed by atoms with van der Waals surface area (Å²) in [4.78, 5) is 0. The van der Waals surface area contributed by atoms with Gasteiger partial charge in [0.05, 0.1) is 6.10 Å². The number of thioether (sulfide) groups is 1. The smallest absolute Gasteiger partial charge is 0.121 e. The number of anilines is 1. The summed E-state index contributed by atoms with van der Waals surface area (Å²) in [6.45, 7) is 4.73. The van der Waals surface area contributed by atoms with Gasteiger partial charge in [0.2, 0.25) is 0 Å². The van der Waals surface area contributed by atoms with Gasteiger partial charge in [-0.3, -0.25) is 0 Å². The molecule has 0 saturated heterocycles.